The number of carbonyl (C=O) groups excluding carboxylic acids is 1. The third-order valence-electron chi connectivity index (χ3n) is 3.92. The molecule has 0 bridgehead atoms. The van der Waals surface area contributed by atoms with Crippen LogP contribution < -0.4 is 5.32 Å². The number of amides is 1. The number of hydrogen-bond acceptors (Lipinski definition) is 5. The van der Waals surface area contributed by atoms with Crippen LogP contribution in [-0.4, -0.2) is 31.4 Å². The minimum absolute atomic E-state index is 0.0229. The van der Waals surface area contributed by atoms with Crippen molar-refractivity contribution in [3.63, 3.8) is 0 Å². The van der Waals surface area contributed by atoms with Crippen molar-refractivity contribution < 1.29 is 4.79 Å². The molecule has 0 aliphatic heterocycles. The summed E-state index contributed by atoms with van der Waals surface area (Å²) in [7, 11) is 1.77. The second kappa shape index (κ2) is 6.48. The van der Waals surface area contributed by atoms with Crippen molar-refractivity contribution in [2.24, 2.45) is 7.05 Å². The van der Waals surface area contributed by atoms with Gasteiger partial charge in [-0.2, -0.15) is 0 Å². The molecule has 1 amide bonds. The number of hydrogen-bond donors (Lipinski definition) is 1. The molecule has 3 rings (SSSR count). The van der Waals surface area contributed by atoms with Crippen LogP contribution in [0.4, 0.5) is 0 Å². The second-order valence-electron chi connectivity index (χ2n) is 5.50. The normalized spacial score (nSPS) is 18.5. The molecule has 1 heterocycles. The van der Waals surface area contributed by atoms with Gasteiger partial charge in [0.05, 0.1) is 11.3 Å². The van der Waals surface area contributed by atoms with Gasteiger partial charge in [-0.25, -0.2) is 4.68 Å². The molecule has 0 spiro atoms. The molecule has 22 heavy (non-hydrogen) atoms. The third kappa shape index (κ3) is 3.14. The first-order chi connectivity index (χ1) is 10.6. The fourth-order valence-corrected chi connectivity index (χ4v) is 3.49. The fraction of sp³-hybridized carbons (Fsp3) is 0.467. The average Bonchev–Trinajstić information content (AvgIpc) is 2.93. The van der Waals surface area contributed by atoms with E-state index in [-0.39, 0.29) is 17.2 Å². The van der Waals surface area contributed by atoms with Gasteiger partial charge in [0.1, 0.15) is 0 Å². The molecule has 2 unspecified atom stereocenters. The monoisotopic (exact) mass is 317 g/mol. The third-order valence-corrected chi connectivity index (χ3v) is 5.04. The first kappa shape index (κ1) is 15.0. The van der Waals surface area contributed by atoms with Crippen LogP contribution in [0.3, 0.4) is 0 Å². The van der Waals surface area contributed by atoms with Crippen molar-refractivity contribution in [2.45, 2.75) is 42.6 Å². The number of aryl methyl sites for hydroxylation is 2. The summed E-state index contributed by atoms with van der Waals surface area (Å²) in [5, 5.41) is 14.9. The number of carbonyl (C=O) groups is 1. The number of fused-ring (bicyclic) bond motifs is 1. The summed E-state index contributed by atoms with van der Waals surface area (Å²) in [6, 6.07) is 8.47. The number of aromatic nitrogens is 4. The molecule has 7 heteroatoms. The van der Waals surface area contributed by atoms with Gasteiger partial charge in [0.25, 0.3) is 0 Å². The van der Waals surface area contributed by atoms with Crippen LogP contribution >= 0.6 is 11.8 Å². The van der Waals surface area contributed by atoms with Crippen molar-refractivity contribution in [3.8, 4) is 0 Å². The lowest BCUT2D eigenvalue weighted by atomic mass is 9.88. The van der Waals surface area contributed by atoms with E-state index in [1.165, 1.54) is 22.9 Å². The van der Waals surface area contributed by atoms with Crippen molar-refractivity contribution >= 4 is 17.7 Å². The van der Waals surface area contributed by atoms with E-state index in [2.05, 4.69) is 39.0 Å². The van der Waals surface area contributed by atoms with Crippen molar-refractivity contribution in [1.29, 1.82) is 0 Å². The van der Waals surface area contributed by atoms with E-state index in [1.54, 1.807) is 11.7 Å². The molecule has 1 aliphatic rings. The van der Waals surface area contributed by atoms with Gasteiger partial charge in [0.15, 0.2) is 0 Å². The Labute approximate surface area is 133 Å². The predicted molar refractivity (Wildman–Crippen MR) is 84.4 cm³/mol. The molecule has 1 aromatic carbocycles. The Morgan fingerprint density at radius 3 is 3.05 bits per heavy atom. The minimum Gasteiger partial charge on any atom is -0.348 e. The summed E-state index contributed by atoms with van der Waals surface area (Å²) >= 11 is 1.37. The number of nitrogens with one attached hydrogen (secondary N) is 1. The molecular weight excluding hydrogens is 298 g/mol. The smallest absolute Gasteiger partial charge is 0.233 e. The molecule has 0 saturated heterocycles. The maximum absolute atomic E-state index is 12.4. The minimum atomic E-state index is -0.237. The SMILES string of the molecule is CC(Sc1nnnn1C)C(=O)NC1CCCc2ccccc21. The van der Waals surface area contributed by atoms with Gasteiger partial charge >= 0.3 is 0 Å². The Morgan fingerprint density at radius 1 is 1.45 bits per heavy atom. The summed E-state index contributed by atoms with van der Waals surface area (Å²) in [4.78, 5) is 12.4. The average molecular weight is 317 g/mol. The van der Waals surface area contributed by atoms with E-state index in [0.717, 1.165) is 19.3 Å². The zero-order valence-electron chi connectivity index (χ0n) is 12.7. The van der Waals surface area contributed by atoms with Crippen LogP contribution in [0.2, 0.25) is 0 Å². The summed E-state index contributed by atoms with van der Waals surface area (Å²) in [5.41, 5.74) is 2.59. The summed E-state index contributed by atoms with van der Waals surface area (Å²) < 4.78 is 1.57. The molecule has 1 aliphatic carbocycles. The van der Waals surface area contributed by atoms with Crippen LogP contribution in [0.25, 0.3) is 0 Å². The molecule has 0 fully saturated rings. The highest BCUT2D eigenvalue weighted by atomic mass is 32.2. The number of benzene rings is 1. The van der Waals surface area contributed by atoms with Gasteiger partial charge in [-0.1, -0.05) is 36.0 Å². The Bertz CT molecular complexity index is 671. The highest BCUT2D eigenvalue weighted by Crippen LogP contribution is 2.30. The first-order valence-corrected chi connectivity index (χ1v) is 8.30. The Kier molecular flexibility index (Phi) is 4.42. The zero-order chi connectivity index (χ0) is 15.5. The topological polar surface area (TPSA) is 72.7 Å². The van der Waals surface area contributed by atoms with Crippen LogP contribution in [0.1, 0.15) is 36.9 Å². The Hall–Kier alpha value is -1.89. The predicted octanol–water partition coefficient (Wildman–Crippen LogP) is 1.88. The van der Waals surface area contributed by atoms with Crippen molar-refractivity contribution in [1.82, 2.24) is 25.5 Å². The second-order valence-corrected chi connectivity index (χ2v) is 6.81. The van der Waals surface area contributed by atoms with Crippen LogP contribution in [0.15, 0.2) is 29.4 Å². The summed E-state index contributed by atoms with van der Waals surface area (Å²) in [5.74, 6) is 0.0229. The Balaban J connectivity index is 1.66. The van der Waals surface area contributed by atoms with Gasteiger partial charge in [-0.05, 0) is 47.7 Å². The maximum Gasteiger partial charge on any atom is 0.233 e. The molecule has 6 nitrogen and oxygen atoms in total. The Morgan fingerprint density at radius 2 is 2.27 bits per heavy atom. The van der Waals surface area contributed by atoms with Crippen LogP contribution in [-0.2, 0) is 18.3 Å². The summed E-state index contributed by atoms with van der Waals surface area (Å²) in [6.45, 7) is 1.88. The number of tetrazole rings is 1. The van der Waals surface area contributed by atoms with E-state index in [1.807, 2.05) is 13.0 Å². The number of nitrogens with zero attached hydrogens (tertiary/aromatic N) is 4. The van der Waals surface area contributed by atoms with Crippen molar-refractivity contribution in [2.75, 3.05) is 0 Å². The molecule has 1 N–H and O–H groups in total. The standard InChI is InChI=1S/C15H19N5OS/c1-10(22-15-17-18-19-20(15)2)14(21)16-13-9-5-7-11-6-3-4-8-12(11)13/h3-4,6,8,10,13H,5,7,9H2,1-2H3,(H,16,21). The van der Waals surface area contributed by atoms with Gasteiger partial charge in [-0.15, -0.1) is 5.10 Å². The van der Waals surface area contributed by atoms with E-state index in [0.29, 0.717) is 5.16 Å². The molecule has 0 saturated carbocycles. The van der Waals surface area contributed by atoms with E-state index in [9.17, 15) is 4.79 Å². The highest BCUT2D eigenvalue weighted by Gasteiger charge is 2.24. The van der Waals surface area contributed by atoms with E-state index < -0.39 is 0 Å². The molecule has 2 atom stereocenters. The largest absolute Gasteiger partial charge is 0.348 e. The lowest BCUT2D eigenvalue weighted by molar-refractivity contribution is -0.121. The molecule has 116 valence electrons. The van der Waals surface area contributed by atoms with E-state index >= 15 is 0 Å². The number of thioether (sulfide) groups is 1. The highest BCUT2D eigenvalue weighted by molar-refractivity contribution is 8.00. The van der Waals surface area contributed by atoms with Crippen molar-refractivity contribution in [3.05, 3.63) is 35.4 Å². The maximum atomic E-state index is 12.4. The lowest BCUT2D eigenvalue weighted by Gasteiger charge is -2.27. The number of rotatable bonds is 4. The van der Waals surface area contributed by atoms with Gasteiger partial charge in [0.2, 0.25) is 11.1 Å². The lowest BCUT2D eigenvalue weighted by Crippen LogP contribution is -2.36. The van der Waals surface area contributed by atoms with E-state index in [4.69, 9.17) is 0 Å². The molecule has 0 radical (unpaired) electrons. The quantitative estimate of drug-likeness (QED) is 0.872. The zero-order valence-corrected chi connectivity index (χ0v) is 13.5. The summed E-state index contributed by atoms with van der Waals surface area (Å²) in [6.07, 6.45) is 3.19. The molecule has 2 aromatic rings. The first-order valence-electron chi connectivity index (χ1n) is 7.42. The van der Waals surface area contributed by atoms with Crippen LogP contribution in [0, 0.1) is 0 Å². The van der Waals surface area contributed by atoms with Gasteiger partial charge in [0, 0.05) is 7.05 Å². The van der Waals surface area contributed by atoms with Gasteiger partial charge < -0.3 is 5.32 Å². The van der Waals surface area contributed by atoms with Gasteiger partial charge in [-0.3, -0.25) is 4.79 Å². The molecule has 1 aromatic heterocycles. The fourth-order valence-electron chi connectivity index (χ4n) is 2.73. The molecular formula is C15H19N5OS. The van der Waals surface area contributed by atoms with Crippen LogP contribution in [0.5, 0.6) is 0 Å².